The Balaban J connectivity index is 3.07. The fraction of sp³-hybridized carbons (Fsp3) is 0.100. The smallest absolute Gasteiger partial charge is 0.384 e. The summed E-state index contributed by atoms with van der Waals surface area (Å²) >= 11 is 5.55. The Bertz CT molecular complexity index is 501. The lowest BCUT2D eigenvalue weighted by atomic mass is 10.2. The molecule has 5 nitrogen and oxygen atoms in total. The van der Waals surface area contributed by atoms with Crippen molar-refractivity contribution in [2.45, 2.75) is 0 Å². The van der Waals surface area contributed by atoms with Crippen LogP contribution in [-0.2, 0) is 9.53 Å². The van der Waals surface area contributed by atoms with E-state index in [2.05, 4.69) is 21.6 Å². The summed E-state index contributed by atoms with van der Waals surface area (Å²) in [6, 6.07) is 1.23. The van der Waals surface area contributed by atoms with Crippen molar-refractivity contribution in [3.05, 3.63) is 28.5 Å². The first-order valence-electron chi connectivity index (χ1n) is 4.03. The number of carbonyl (C=O) groups is 2. The summed E-state index contributed by atoms with van der Waals surface area (Å²) in [4.78, 5) is 25.1. The fourth-order valence-corrected chi connectivity index (χ4v) is 1.02. The molecule has 0 bridgehead atoms. The zero-order valence-corrected chi connectivity index (χ0v) is 8.91. The number of aromatic nitrogens is 1. The number of aromatic carboxylic acids is 1. The summed E-state index contributed by atoms with van der Waals surface area (Å²) in [5.74, 6) is 2.63. The molecule has 0 unspecified atom stereocenters. The lowest BCUT2D eigenvalue weighted by molar-refractivity contribution is -0.133. The molecular formula is C10H6ClNO4. The second kappa shape index (κ2) is 5.14. The van der Waals surface area contributed by atoms with Crippen molar-refractivity contribution >= 4 is 23.5 Å². The van der Waals surface area contributed by atoms with E-state index in [0.717, 1.165) is 0 Å². The van der Waals surface area contributed by atoms with Crippen LogP contribution in [0.15, 0.2) is 12.3 Å². The molecule has 0 radical (unpaired) electrons. The number of esters is 1. The van der Waals surface area contributed by atoms with Gasteiger partial charge < -0.3 is 9.84 Å². The summed E-state index contributed by atoms with van der Waals surface area (Å²) in [5, 5.41) is 8.62. The number of halogens is 1. The predicted molar refractivity (Wildman–Crippen MR) is 55.1 cm³/mol. The first-order chi connectivity index (χ1) is 7.54. The van der Waals surface area contributed by atoms with Gasteiger partial charge in [-0.25, -0.2) is 14.6 Å². The number of nitrogens with zero attached hydrogens (tertiary/aromatic N) is 1. The van der Waals surface area contributed by atoms with Gasteiger partial charge in [0.2, 0.25) is 0 Å². The number of hydrogen-bond acceptors (Lipinski definition) is 4. The first kappa shape index (κ1) is 12.0. The summed E-state index contributed by atoms with van der Waals surface area (Å²) in [6.45, 7) is 0. The minimum Gasteiger partial charge on any atom is -0.478 e. The molecule has 0 atom stereocenters. The highest BCUT2D eigenvalue weighted by Gasteiger charge is 2.09. The predicted octanol–water partition coefficient (Wildman–Crippen LogP) is 0.958. The maximum absolute atomic E-state index is 10.7. The molecule has 0 aliphatic heterocycles. The first-order valence-corrected chi connectivity index (χ1v) is 4.41. The molecule has 82 valence electrons. The van der Waals surface area contributed by atoms with Crippen molar-refractivity contribution in [2.75, 3.05) is 7.11 Å². The molecule has 0 aliphatic carbocycles. The molecule has 1 aromatic rings. The van der Waals surface area contributed by atoms with Crippen molar-refractivity contribution in [1.29, 1.82) is 0 Å². The highest BCUT2D eigenvalue weighted by molar-refractivity contribution is 6.32. The highest BCUT2D eigenvalue weighted by atomic mass is 35.5. The Morgan fingerprint density at radius 3 is 2.81 bits per heavy atom. The van der Waals surface area contributed by atoms with E-state index in [1.54, 1.807) is 0 Å². The van der Waals surface area contributed by atoms with E-state index in [9.17, 15) is 9.59 Å². The maximum atomic E-state index is 10.7. The van der Waals surface area contributed by atoms with Gasteiger partial charge in [-0.3, -0.25) is 0 Å². The Labute approximate surface area is 96.0 Å². The average Bonchev–Trinajstić information content (AvgIpc) is 2.27. The maximum Gasteiger partial charge on any atom is 0.384 e. The van der Waals surface area contributed by atoms with Crippen LogP contribution in [0.3, 0.4) is 0 Å². The SMILES string of the molecule is COC(=O)C#Cc1cnc(Cl)c(C(=O)O)c1. The third-order valence-electron chi connectivity index (χ3n) is 1.56. The summed E-state index contributed by atoms with van der Waals surface area (Å²) in [5.41, 5.74) is 0.102. The molecule has 0 amide bonds. The second-order valence-electron chi connectivity index (χ2n) is 2.61. The number of methoxy groups -OCH3 is 1. The quantitative estimate of drug-likeness (QED) is 0.449. The highest BCUT2D eigenvalue weighted by Crippen LogP contribution is 2.13. The largest absolute Gasteiger partial charge is 0.478 e. The third-order valence-corrected chi connectivity index (χ3v) is 1.86. The van der Waals surface area contributed by atoms with E-state index in [0.29, 0.717) is 0 Å². The van der Waals surface area contributed by atoms with E-state index >= 15 is 0 Å². The van der Waals surface area contributed by atoms with Gasteiger partial charge in [-0.05, 0) is 6.07 Å². The number of rotatable bonds is 1. The van der Waals surface area contributed by atoms with Crippen LogP contribution in [0.2, 0.25) is 5.15 Å². The second-order valence-corrected chi connectivity index (χ2v) is 2.97. The topological polar surface area (TPSA) is 76.5 Å². The van der Waals surface area contributed by atoms with Gasteiger partial charge in [-0.1, -0.05) is 17.5 Å². The number of ether oxygens (including phenoxy) is 1. The van der Waals surface area contributed by atoms with Crippen LogP contribution in [0.4, 0.5) is 0 Å². The van der Waals surface area contributed by atoms with Crippen molar-refractivity contribution in [2.24, 2.45) is 0 Å². The molecule has 16 heavy (non-hydrogen) atoms. The van der Waals surface area contributed by atoms with E-state index in [4.69, 9.17) is 16.7 Å². The fourth-order valence-electron chi connectivity index (χ4n) is 0.841. The van der Waals surface area contributed by atoms with Crippen molar-refractivity contribution in [3.8, 4) is 11.8 Å². The molecule has 1 N–H and O–H groups in total. The molecule has 0 saturated heterocycles. The average molecular weight is 240 g/mol. The minimum atomic E-state index is -1.21. The molecule has 0 fully saturated rings. The van der Waals surface area contributed by atoms with Crippen LogP contribution in [0.1, 0.15) is 15.9 Å². The number of hydrogen-bond donors (Lipinski definition) is 1. The number of carboxylic acid groups (broad SMARTS) is 1. The van der Waals surface area contributed by atoms with Crippen molar-refractivity contribution < 1.29 is 19.4 Å². The zero-order chi connectivity index (χ0) is 12.1. The lowest BCUT2D eigenvalue weighted by Crippen LogP contribution is -2.00. The van der Waals surface area contributed by atoms with Gasteiger partial charge in [0.1, 0.15) is 5.15 Å². The number of carboxylic acids is 1. The Morgan fingerprint density at radius 2 is 2.25 bits per heavy atom. The molecule has 1 rings (SSSR count). The van der Waals surface area contributed by atoms with Gasteiger partial charge in [0.15, 0.2) is 0 Å². The van der Waals surface area contributed by atoms with Crippen molar-refractivity contribution in [3.63, 3.8) is 0 Å². The van der Waals surface area contributed by atoms with Crippen LogP contribution in [0.25, 0.3) is 0 Å². The van der Waals surface area contributed by atoms with Crippen LogP contribution in [0, 0.1) is 11.8 Å². The number of pyridine rings is 1. The van der Waals surface area contributed by atoms with Gasteiger partial charge in [-0.15, -0.1) is 0 Å². The minimum absolute atomic E-state index is 0.129. The van der Waals surface area contributed by atoms with E-state index in [1.165, 1.54) is 19.4 Å². The molecule has 1 aromatic heterocycles. The van der Waals surface area contributed by atoms with Crippen LogP contribution >= 0.6 is 11.6 Å². The van der Waals surface area contributed by atoms with Crippen LogP contribution < -0.4 is 0 Å². The molecule has 0 aliphatic rings. The summed E-state index contributed by atoms with van der Waals surface area (Å²) in [7, 11) is 1.19. The van der Waals surface area contributed by atoms with Gasteiger partial charge in [0.25, 0.3) is 0 Å². The molecule has 0 spiro atoms. The van der Waals surface area contributed by atoms with E-state index in [1.807, 2.05) is 0 Å². The van der Waals surface area contributed by atoms with Crippen LogP contribution in [-0.4, -0.2) is 29.1 Å². The van der Waals surface area contributed by atoms with Gasteiger partial charge in [0, 0.05) is 17.7 Å². The molecule has 0 saturated carbocycles. The Kier molecular flexibility index (Phi) is 3.86. The molecule has 0 aromatic carbocycles. The Hall–Kier alpha value is -2.06. The molecule has 1 heterocycles. The molecule has 6 heteroatoms. The Morgan fingerprint density at radius 1 is 1.56 bits per heavy atom. The lowest BCUT2D eigenvalue weighted by Gasteiger charge is -1.97. The van der Waals surface area contributed by atoms with E-state index in [-0.39, 0.29) is 16.3 Å². The standard InChI is InChI=1S/C10H6ClNO4/c1-16-8(13)3-2-6-4-7(10(14)15)9(11)12-5-6/h4-5H,1H3,(H,14,15). The van der Waals surface area contributed by atoms with E-state index < -0.39 is 11.9 Å². The van der Waals surface area contributed by atoms with Gasteiger partial charge >= 0.3 is 11.9 Å². The third kappa shape index (κ3) is 2.97. The zero-order valence-electron chi connectivity index (χ0n) is 8.15. The van der Waals surface area contributed by atoms with Gasteiger partial charge in [-0.2, -0.15) is 0 Å². The van der Waals surface area contributed by atoms with Crippen LogP contribution in [0.5, 0.6) is 0 Å². The summed E-state index contributed by atoms with van der Waals surface area (Å²) in [6.07, 6.45) is 1.27. The normalized spacial score (nSPS) is 8.88. The number of carbonyl (C=O) groups excluding carboxylic acids is 1. The van der Waals surface area contributed by atoms with Crippen molar-refractivity contribution in [1.82, 2.24) is 4.98 Å². The monoisotopic (exact) mass is 239 g/mol. The summed E-state index contributed by atoms with van der Waals surface area (Å²) < 4.78 is 4.30. The van der Waals surface area contributed by atoms with Gasteiger partial charge in [0.05, 0.1) is 12.7 Å². The molecular weight excluding hydrogens is 234 g/mol.